The lowest BCUT2D eigenvalue weighted by atomic mass is 10.1. The molecule has 0 spiro atoms. The number of benzene rings is 2. The van der Waals surface area contributed by atoms with Crippen molar-refractivity contribution in [2.45, 2.75) is 18.9 Å². The molecule has 1 aromatic heterocycles. The van der Waals surface area contributed by atoms with E-state index in [0.717, 1.165) is 23.3 Å². The van der Waals surface area contributed by atoms with Crippen LogP contribution in [0.2, 0.25) is 5.02 Å². The summed E-state index contributed by atoms with van der Waals surface area (Å²) < 4.78 is 5.70. The van der Waals surface area contributed by atoms with Gasteiger partial charge in [-0.05, 0) is 41.8 Å². The van der Waals surface area contributed by atoms with Crippen LogP contribution in [0.25, 0.3) is 10.9 Å². The van der Waals surface area contributed by atoms with Crippen molar-refractivity contribution in [1.29, 1.82) is 0 Å². The fraction of sp³-hybridized carbons (Fsp3) is 0.211. The van der Waals surface area contributed by atoms with Crippen molar-refractivity contribution in [1.82, 2.24) is 10.3 Å². The second kappa shape index (κ2) is 6.21. The van der Waals surface area contributed by atoms with E-state index >= 15 is 0 Å². The monoisotopic (exact) mass is 340 g/mol. The third-order valence-corrected chi connectivity index (χ3v) is 4.59. The molecule has 0 saturated carbocycles. The second-order valence-electron chi connectivity index (χ2n) is 5.96. The summed E-state index contributed by atoms with van der Waals surface area (Å²) in [5.41, 5.74) is 3.30. The van der Waals surface area contributed by atoms with Crippen LogP contribution in [0.1, 0.15) is 11.1 Å². The minimum absolute atomic E-state index is 0.0813. The SMILES string of the molecule is O=C(NCCc1c[nH]c2ccccc12)C1Cc2cc(Cl)ccc2O1. The highest BCUT2D eigenvalue weighted by molar-refractivity contribution is 6.30. The molecule has 0 saturated heterocycles. The molecule has 2 heterocycles. The summed E-state index contributed by atoms with van der Waals surface area (Å²) in [6.07, 6.45) is 2.87. The maximum atomic E-state index is 12.3. The zero-order valence-electron chi connectivity index (χ0n) is 13.0. The van der Waals surface area contributed by atoms with Crippen LogP contribution in [-0.2, 0) is 17.6 Å². The number of H-pyrrole nitrogens is 1. The van der Waals surface area contributed by atoms with Crippen LogP contribution in [0.5, 0.6) is 5.75 Å². The van der Waals surface area contributed by atoms with Crippen molar-refractivity contribution >= 4 is 28.4 Å². The molecule has 2 N–H and O–H groups in total. The first kappa shape index (κ1) is 15.1. The molecular weight excluding hydrogens is 324 g/mol. The van der Waals surface area contributed by atoms with E-state index in [2.05, 4.69) is 16.4 Å². The van der Waals surface area contributed by atoms with Crippen LogP contribution < -0.4 is 10.1 Å². The van der Waals surface area contributed by atoms with Crippen LogP contribution in [-0.4, -0.2) is 23.5 Å². The van der Waals surface area contributed by atoms with Gasteiger partial charge in [-0.2, -0.15) is 0 Å². The fourth-order valence-corrected chi connectivity index (χ4v) is 3.33. The molecule has 5 heteroatoms. The van der Waals surface area contributed by atoms with Crippen molar-refractivity contribution in [3.8, 4) is 5.75 Å². The lowest BCUT2D eigenvalue weighted by molar-refractivity contribution is -0.127. The zero-order chi connectivity index (χ0) is 16.5. The van der Waals surface area contributed by atoms with Gasteiger partial charge in [0.1, 0.15) is 5.75 Å². The summed E-state index contributed by atoms with van der Waals surface area (Å²) in [4.78, 5) is 15.6. The van der Waals surface area contributed by atoms with Gasteiger partial charge in [0.25, 0.3) is 5.91 Å². The number of aromatic nitrogens is 1. The van der Waals surface area contributed by atoms with Crippen LogP contribution >= 0.6 is 11.6 Å². The molecule has 4 rings (SSSR count). The minimum Gasteiger partial charge on any atom is -0.480 e. The largest absolute Gasteiger partial charge is 0.480 e. The highest BCUT2D eigenvalue weighted by atomic mass is 35.5. The van der Waals surface area contributed by atoms with Crippen LogP contribution in [0.15, 0.2) is 48.7 Å². The van der Waals surface area contributed by atoms with Gasteiger partial charge < -0.3 is 15.0 Å². The maximum absolute atomic E-state index is 12.3. The van der Waals surface area contributed by atoms with Crippen molar-refractivity contribution in [2.75, 3.05) is 6.54 Å². The van der Waals surface area contributed by atoms with Gasteiger partial charge in [0.05, 0.1) is 0 Å². The Kier molecular flexibility index (Phi) is 3.90. The number of carbonyl (C=O) groups is 1. The van der Waals surface area contributed by atoms with Gasteiger partial charge in [-0.15, -0.1) is 0 Å². The Labute approximate surface area is 144 Å². The zero-order valence-corrected chi connectivity index (χ0v) is 13.8. The molecule has 1 atom stereocenters. The minimum atomic E-state index is -0.471. The van der Waals surface area contributed by atoms with Crippen LogP contribution in [0.4, 0.5) is 0 Å². The summed E-state index contributed by atoms with van der Waals surface area (Å²) in [5.74, 6) is 0.665. The molecule has 1 aliphatic heterocycles. The van der Waals surface area contributed by atoms with Crippen molar-refractivity contribution in [2.24, 2.45) is 0 Å². The number of aromatic amines is 1. The van der Waals surface area contributed by atoms with Crippen LogP contribution in [0.3, 0.4) is 0 Å². The van der Waals surface area contributed by atoms with Gasteiger partial charge in [0.15, 0.2) is 6.10 Å². The molecule has 0 fully saturated rings. The average Bonchev–Trinajstić information content (AvgIpc) is 3.18. The maximum Gasteiger partial charge on any atom is 0.261 e. The number of ether oxygens (including phenoxy) is 1. The van der Waals surface area contributed by atoms with Gasteiger partial charge in [0.2, 0.25) is 0 Å². The predicted octanol–water partition coefficient (Wildman–Crippen LogP) is 3.48. The van der Waals surface area contributed by atoms with E-state index in [1.54, 1.807) is 6.07 Å². The number of rotatable bonds is 4. The normalized spacial score (nSPS) is 16.0. The first-order chi connectivity index (χ1) is 11.7. The first-order valence-corrected chi connectivity index (χ1v) is 8.36. The Morgan fingerprint density at radius 2 is 2.17 bits per heavy atom. The van der Waals surface area contributed by atoms with E-state index in [9.17, 15) is 4.79 Å². The van der Waals surface area contributed by atoms with E-state index in [4.69, 9.17) is 16.3 Å². The molecule has 1 aliphatic rings. The number of hydrogen-bond donors (Lipinski definition) is 2. The number of hydrogen-bond acceptors (Lipinski definition) is 2. The first-order valence-electron chi connectivity index (χ1n) is 7.98. The van der Waals surface area contributed by atoms with Crippen LogP contribution in [0, 0.1) is 0 Å². The highest BCUT2D eigenvalue weighted by Gasteiger charge is 2.28. The quantitative estimate of drug-likeness (QED) is 0.764. The number of carbonyl (C=O) groups excluding carboxylic acids is 1. The van der Waals surface area contributed by atoms with Crippen molar-refractivity contribution in [3.63, 3.8) is 0 Å². The van der Waals surface area contributed by atoms with E-state index in [1.807, 2.05) is 36.5 Å². The smallest absolute Gasteiger partial charge is 0.261 e. The Bertz CT molecular complexity index is 903. The topological polar surface area (TPSA) is 54.1 Å². The van der Waals surface area contributed by atoms with E-state index in [-0.39, 0.29) is 5.91 Å². The molecule has 0 aliphatic carbocycles. The van der Waals surface area contributed by atoms with Crippen molar-refractivity contribution in [3.05, 3.63) is 64.8 Å². The Morgan fingerprint density at radius 3 is 3.08 bits per heavy atom. The summed E-state index contributed by atoms with van der Waals surface area (Å²) in [6.45, 7) is 0.581. The Hall–Kier alpha value is -2.46. The predicted molar refractivity (Wildman–Crippen MR) is 94.6 cm³/mol. The molecule has 2 aromatic carbocycles. The van der Waals surface area contributed by atoms with Gasteiger partial charge >= 0.3 is 0 Å². The number of fused-ring (bicyclic) bond motifs is 2. The molecule has 3 aromatic rings. The summed E-state index contributed by atoms with van der Waals surface area (Å²) in [7, 11) is 0. The molecule has 1 unspecified atom stereocenters. The van der Waals surface area contributed by atoms with E-state index in [0.29, 0.717) is 18.0 Å². The third kappa shape index (κ3) is 2.85. The number of halogens is 1. The fourth-order valence-electron chi connectivity index (χ4n) is 3.14. The Morgan fingerprint density at radius 1 is 1.29 bits per heavy atom. The summed E-state index contributed by atoms with van der Waals surface area (Å²) in [6, 6.07) is 13.6. The van der Waals surface area contributed by atoms with Gasteiger partial charge in [-0.1, -0.05) is 29.8 Å². The number of nitrogens with one attached hydrogen (secondary N) is 2. The average molecular weight is 341 g/mol. The molecule has 0 radical (unpaired) electrons. The molecular formula is C19H17ClN2O2. The molecule has 122 valence electrons. The van der Waals surface area contributed by atoms with Gasteiger partial charge in [-0.25, -0.2) is 0 Å². The van der Waals surface area contributed by atoms with E-state index < -0.39 is 6.10 Å². The van der Waals surface area contributed by atoms with Crippen molar-refractivity contribution < 1.29 is 9.53 Å². The van der Waals surface area contributed by atoms with Gasteiger partial charge in [0, 0.05) is 35.1 Å². The molecule has 24 heavy (non-hydrogen) atoms. The lowest BCUT2D eigenvalue weighted by Gasteiger charge is -2.11. The molecule has 0 bridgehead atoms. The molecule has 1 amide bonds. The summed E-state index contributed by atoms with van der Waals surface area (Å²) in [5, 5.41) is 4.83. The standard InChI is InChI=1S/C19H17ClN2O2/c20-14-5-6-17-13(9-14)10-18(24-17)19(23)21-8-7-12-11-22-16-4-2-1-3-15(12)16/h1-6,9,11,18,22H,7-8,10H2,(H,21,23). The number of amides is 1. The number of para-hydroxylation sites is 1. The highest BCUT2D eigenvalue weighted by Crippen LogP contribution is 2.31. The lowest BCUT2D eigenvalue weighted by Crippen LogP contribution is -2.38. The third-order valence-electron chi connectivity index (χ3n) is 4.36. The second-order valence-corrected chi connectivity index (χ2v) is 6.40. The molecule has 4 nitrogen and oxygen atoms in total. The van der Waals surface area contributed by atoms with E-state index in [1.165, 1.54) is 10.9 Å². The Balaban J connectivity index is 1.34. The summed E-state index contributed by atoms with van der Waals surface area (Å²) >= 11 is 5.98. The van der Waals surface area contributed by atoms with Gasteiger partial charge in [-0.3, -0.25) is 4.79 Å².